The van der Waals surface area contributed by atoms with Crippen LogP contribution in [-0.2, 0) is 4.79 Å². The molecule has 0 spiro atoms. The third kappa shape index (κ3) is 10.2. The summed E-state index contributed by atoms with van der Waals surface area (Å²) in [4.78, 5) is 10.3. The van der Waals surface area contributed by atoms with Crippen LogP contribution in [0.1, 0.15) is 57.8 Å². The third-order valence-electron chi connectivity index (χ3n) is 3.37. The first-order valence-electron chi connectivity index (χ1n) is 7.78. The monoisotopic (exact) mass is 312 g/mol. The van der Waals surface area contributed by atoms with Crippen LogP contribution in [0.3, 0.4) is 0 Å². The van der Waals surface area contributed by atoms with Crippen molar-refractivity contribution < 1.29 is 14.6 Å². The normalized spacial score (nSPS) is 10.5. The minimum Gasteiger partial charge on any atom is -0.494 e. The van der Waals surface area contributed by atoms with Crippen molar-refractivity contribution in [3.8, 4) is 5.75 Å². The molecule has 21 heavy (non-hydrogen) atoms. The van der Waals surface area contributed by atoms with E-state index in [0.717, 1.165) is 43.1 Å². The molecule has 0 bridgehead atoms. The van der Waals surface area contributed by atoms with Gasteiger partial charge >= 0.3 is 5.97 Å². The van der Waals surface area contributed by atoms with Crippen LogP contribution in [0.2, 0.25) is 5.02 Å². The fraction of sp³-hybridized carbons (Fsp3) is 0.588. The van der Waals surface area contributed by atoms with Crippen molar-refractivity contribution in [3.05, 3.63) is 29.3 Å². The summed E-state index contributed by atoms with van der Waals surface area (Å²) < 4.78 is 5.63. The van der Waals surface area contributed by atoms with E-state index in [1.165, 1.54) is 25.7 Å². The van der Waals surface area contributed by atoms with E-state index in [-0.39, 0.29) is 0 Å². The van der Waals surface area contributed by atoms with E-state index in [1.807, 2.05) is 24.3 Å². The first kappa shape index (κ1) is 17.8. The van der Waals surface area contributed by atoms with E-state index in [9.17, 15) is 4.79 Å². The van der Waals surface area contributed by atoms with Crippen LogP contribution in [0.25, 0.3) is 0 Å². The Morgan fingerprint density at radius 2 is 1.43 bits per heavy atom. The van der Waals surface area contributed by atoms with Crippen molar-refractivity contribution in [1.82, 2.24) is 0 Å². The number of rotatable bonds is 12. The number of hydrogen-bond donors (Lipinski definition) is 1. The zero-order valence-electron chi connectivity index (χ0n) is 12.5. The molecule has 0 saturated carbocycles. The molecule has 0 aliphatic heterocycles. The highest BCUT2D eigenvalue weighted by Gasteiger charge is 1.97. The highest BCUT2D eigenvalue weighted by molar-refractivity contribution is 6.30. The highest BCUT2D eigenvalue weighted by Crippen LogP contribution is 2.16. The van der Waals surface area contributed by atoms with Gasteiger partial charge in [-0.05, 0) is 37.1 Å². The summed E-state index contributed by atoms with van der Waals surface area (Å²) in [6.45, 7) is 0.750. The molecule has 3 nitrogen and oxygen atoms in total. The molecule has 0 atom stereocenters. The van der Waals surface area contributed by atoms with E-state index in [1.54, 1.807) is 0 Å². The van der Waals surface area contributed by atoms with E-state index in [2.05, 4.69) is 0 Å². The molecule has 0 fully saturated rings. The number of carboxylic acids is 1. The molecule has 0 aliphatic rings. The van der Waals surface area contributed by atoms with Crippen LogP contribution in [0.15, 0.2) is 24.3 Å². The number of halogens is 1. The summed E-state index contributed by atoms with van der Waals surface area (Å²) in [6, 6.07) is 7.45. The SMILES string of the molecule is O=C(O)CCCCCCCCCCOc1ccc(Cl)cc1. The van der Waals surface area contributed by atoms with Gasteiger partial charge in [0.15, 0.2) is 0 Å². The summed E-state index contributed by atoms with van der Waals surface area (Å²) in [5.41, 5.74) is 0. The van der Waals surface area contributed by atoms with Crippen molar-refractivity contribution in [2.45, 2.75) is 57.8 Å². The molecule has 1 aromatic carbocycles. The Morgan fingerprint density at radius 3 is 2.00 bits per heavy atom. The van der Waals surface area contributed by atoms with E-state index in [0.29, 0.717) is 6.42 Å². The molecule has 0 saturated heterocycles. The first-order valence-corrected chi connectivity index (χ1v) is 8.16. The molecular formula is C17H25ClO3. The standard InChI is InChI=1S/C17H25ClO3/c18-15-10-12-16(13-11-15)21-14-8-6-4-2-1-3-5-7-9-17(19)20/h10-13H,1-9,14H2,(H,19,20). The smallest absolute Gasteiger partial charge is 0.303 e. The van der Waals surface area contributed by atoms with Crippen LogP contribution < -0.4 is 4.74 Å². The molecule has 0 aliphatic carbocycles. The second-order valence-electron chi connectivity index (χ2n) is 5.27. The van der Waals surface area contributed by atoms with Gasteiger partial charge in [0.25, 0.3) is 0 Å². The zero-order valence-corrected chi connectivity index (χ0v) is 13.3. The maximum Gasteiger partial charge on any atom is 0.303 e. The van der Waals surface area contributed by atoms with Crippen molar-refractivity contribution >= 4 is 17.6 Å². The lowest BCUT2D eigenvalue weighted by molar-refractivity contribution is -0.137. The average molecular weight is 313 g/mol. The predicted octanol–water partition coefficient (Wildman–Crippen LogP) is 5.31. The van der Waals surface area contributed by atoms with Gasteiger partial charge in [0, 0.05) is 11.4 Å². The van der Waals surface area contributed by atoms with Crippen LogP contribution in [0, 0.1) is 0 Å². The van der Waals surface area contributed by atoms with Crippen molar-refractivity contribution in [1.29, 1.82) is 0 Å². The highest BCUT2D eigenvalue weighted by atomic mass is 35.5. The Kier molecular flexibility index (Phi) is 9.71. The fourth-order valence-electron chi connectivity index (χ4n) is 2.16. The van der Waals surface area contributed by atoms with Crippen LogP contribution in [0.4, 0.5) is 0 Å². The lowest BCUT2D eigenvalue weighted by Gasteiger charge is -2.06. The second kappa shape index (κ2) is 11.4. The van der Waals surface area contributed by atoms with Gasteiger partial charge in [-0.1, -0.05) is 50.1 Å². The third-order valence-corrected chi connectivity index (χ3v) is 3.62. The van der Waals surface area contributed by atoms with Gasteiger partial charge < -0.3 is 9.84 Å². The molecule has 0 heterocycles. The summed E-state index contributed by atoms with van der Waals surface area (Å²) >= 11 is 5.81. The minimum atomic E-state index is -0.685. The predicted molar refractivity (Wildman–Crippen MR) is 86.1 cm³/mol. The van der Waals surface area contributed by atoms with Gasteiger partial charge in [-0.25, -0.2) is 0 Å². The summed E-state index contributed by atoms with van der Waals surface area (Å²) in [6.07, 6.45) is 9.21. The molecule has 1 rings (SSSR count). The van der Waals surface area contributed by atoms with Crippen molar-refractivity contribution in [2.75, 3.05) is 6.61 Å². The molecule has 1 aromatic rings. The van der Waals surface area contributed by atoms with Gasteiger partial charge in [0.1, 0.15) is 5.75 Å². The van der Waals surface area contributed by atoms with Crippen LogP contribution in [0.5, 0.6) is 5.75 Å². The van der Waals surface area contributed by atoms with Crippen LogP contribution in [-0.4, -0.2) is 17.7 Å². The maximum atomic E-state index is 10.3. The first-order chi connectivity index (χ1) is 10.2. The van der Waals surface area contributed by atoms with Crippen molar-refractivity contribution in [2.24, 2.45) is 0 Å². The molecule has 0 aromatic heterocycles. The molecule has 0 amide bonds. The Morgan fingerprint density at radius 1 is 0.905 bits per heavy atom. The number of hydrogen-bond acceptors (Lipinski definition) is 2. The Hall–Kier alpha value is -1.22. The zero-order chi connectivity index (χ0) is 15.3. The van der Waals surface area contributed by atoms with Crippen molar-refractivity contribution in [3.63, 3.8) is 0 Å². The Bertz CT molecular complexity index is 390. The number of carboxylic acid groups (broad SMARTS) is 1. The summed E-state index contributed by atoms with van der Waals surface area (Å²) in [5, 5.41) is 9.24. The van der Waals surface area contributed by atoms with E-state index < -0.39 is 5.97 Å². The Labute approximate surface area is 132 Å². The largest absolute Gasteiger partial charge is 0.494 e. The molecule has 0 unspecified atom stereocenters. The fourth-order valence-corrected chi connectivity index (χ4v) is 2.29. The summed E-state index contributed by atoms with van der Waals surface area (Å²) in [7, 11) is 0. The second-order valence-corrected chi connectivity index (χ2v) is 5.71. The molecule has 1 N–H and O–H groups in total. The average Bonchev–Trinajstić information content (AvgIpc) is 2.46. The lowest BCUT2D eigenvalue weighted by atomic mass is 10.1. The Balaban J connectivity index is 1.84. The van der Waals surface area contributed by atoms with E-state index in [4.69, 9.17) is 21.4 Å². The van der Waals surface area contributed by atoms with E-state index >= 15 is 0 Å². The molecule has 4 heteroatoms. The number of ether oxygens (including phenoxy) is 1. The van der Waals surface area contributed by atoms with Gasteiger partial charge in [-0.15, -0.1) is 0 Å². The number of benzene rings is 1. The molecule has 118 valence electrons. The number of carbonyl (C=O) groups is 1. The lowest BCUT2D eigenvalue weighted by Crippen LogP contribution is -1.97. The topological polar surface area (TPSA) is 46.5 Å². The van der Waals surface area contributed by atoms with Gasteiger partial charge in [0.2, 0.25) is 0 Å². The number of aliphatic carboxylic acids is 1. The molecule has 0 radical (unpaired) electrons. The van der Waals surface area contributed by atoms with Gasteiger partial charge in [-0.3, -0.25) is 4.79 Å². The maximum absolute atomic E-state index is 10.3. The van der Waals surface area contributed by atoms with Gasteiger partial charge in [-0.2, -0.15) is 0 Å². The number of unbranched alkanes of at least 4 members (excludes halogenated alkanes) is 7. The van der Waals surface area contributed by atoms with Gasteiger partial charge in [0.05, 0.1) is 6.61 Å². The minimum absolute atomic E-state index is 0.308. The quantitative estimate of drug-likeness (QED) is 0.532. The van der Waals surface area contributed by atoms with Crippen LogP contribution >= 0.6 is 11.6 Å². The summed E-state index contributed by atoms with van der Waals surface area (Å²) in [5.74, 6) is 0.188. The molecular weight excluding hydrogens is 288 g/mol.